The Morgan fingerprint density at radius 3 is 2.27 bits per heavy atom. The van der Waals surface area contributed by atoms with Gasteiger partial charge in [0.15, 0.2) is 5.16 Å². The quantitative estimate of drug-likeness (QED) is 0.580. The van der Waals surface area contributed by atoms with Crippen LogP contribution in [0.1, 0.15) is 41.5 Å². The van der Waals surface area contributed by atoms with Crippen molar-refractivity contribution in [3.8, 4) is 0 Å². The van der Waals surface area contributed by atoms with Crippen molar-refractivity contribution >= 4 is 34.7 Å². The first-order chi connectivity index (χ1) is 12.1. The van der Waals surface area contributed by atoms with Crippen LogP contribution in [0.2, 0.25) is 0 Å². The maximum absolute atomic E-state index is 12.8. The van der Waals surface area contributed by atoms with Gasteiger partial charge >= 0.3 is 11.9 Å². The summed E-state index contributed by atoms with van der Waals surface area (Å²) in [4.78, 5) is 33.0. The summed E-state index contributed by atoms with van der Waals surface area (Å²) in [6.45, 7) is 10.5. The Bertz CT molecular complexity index is 754. The summed E-state index contributed by atoms with van der Waals surface area (Å²) in [7, 11) is 0. The van der Waals surface area contributed by atoms with Crippen LogP contribution in [0.4, 0.5) is 0 Å². The number of ether oxygens (including phenoxy) is 2. The van der Waals surface area contributed by atoms with Gasteiger partial charge in [-0.15, -0.1) is 0 Å². The Labute approximate surface area is 158 Å². The van der Waals surface area contributed by atoms with Crippen LogP contribution < -0.4 is 0 Å². The lowest BCUT2D eigenvalue weighted by Crippen LogP contribution is -2.45. The van der Waals surface area contributed by atoms with Crippen LogP contribution >= 0.6 is 11.8 Å². The van der Waals surface area contributed by atoms with Gasteiger partial charge in [-0.25, -0.2) is 4.98 Å². The standard InChI is InChI=1S/C19H26N2O4S/c1-11(2)24-16(22)13(5)19(6,17(23)25-12(3)4)26-18-20-14-9-7-8-10-15(14)21-18/h7-13H,1-6H3,(H,20,21). The molecule has 0 saturated heterocycles. The number of esters is 2. The van der Waals surface area contributed by atoms with Gasteiger partial charge < -0.3 is 14.5 Å². The molecule has 0 fully saturated rings. The second kappa shape index (κ2) is 8.12. The molecule has 0 saturated carbocycles. The molecule has 0 aliphatic heterocycles. The summed E-state index contributed by atoms with van der Waals surface area (Å²) in [6.07, 6.45) is -0.544. The van der Waals surface area contributed by atoms with E-state index in [9.17, 15) is 9.59 Å². The fraction of sp³-hybridized carbons (Fsp3) is 0.526. The minimum atomic E-state index is -1.18. The summed E-state index contributed by atoms with van der Waals surface area (Å²) < 4.78 is 9.57. The maximum Gasteiger partial charge on any atom is 0.323 e. The number of imidazole rings is 1. The molecule has 2 rings (SSSR count). The molecule has 1 heterocycles. The normalized spacial score (nSPS) is 15.1. The largest absolute Gasteiger partial charge is 0.463 e. The first kappa shape index (κ1) is 20.3. The van der Waals surface area contributed by atoms with Crippen LogP contribution in [-0.4, -0.2) is 38.9 Å². The monoisotopic (exact) mass is 378 g/mol. The Kier molecular flexibility index (Phi) is 6.34. The molecule has 26 heavy (non-hydrogen) atoms. The van der Waals surface area contributed by atoms with Crippen molar-refractivity contribution in [2.75, 3.05) is 0 Å². The molecule has 7 heteroatoms. The molecule has 0 aliphatic carbocycles. The van der Waals surface area contributed by atoms with Gasteiger partial charge in [0.1, 0.15) is 4.75 Å². The van der Waals surface area contributed by atoms with E-state index in [1.54, 1.807) is 41.5 Å². The smallest absolute Gasteiger partial charge is 0.323 e. The lowest BCUT2D eigenvalue weighted by Gasteiger charge is -2.31. The highest BCUT2D eigenvalue weighted by molar-refractivity contribution is 8.01. The Morgan fingerprint density at radius 2 is 1.69 bits per heavy atom. The molecule has 2 unspecified atom stereocenters. The molecule has 1 N–H and O–H groups in total. The number of carbonyl (C=O) groups is 2. The second-order valence-electron chi connectivity index (χ2n) is 6.93. The van der Waals surface area contributed by atoms with Gasteiger partial charge in [-0.1, -0.05) is 23.9 Å². The second-order valence-corrected chi connectivity index (χ2v) is 8.37. The molecule has 1 aromatic carbocycles. The molecule has 142 valence electrons. The summed E-state index contributed by atoms with van der Waals surface area (Å²) in [6, 6.07) is 7.60. The highest BCUT2D eigenvalue weighted by atomic mass is 32.2. The molecular weight excluding hydrogens is 352 g/mol. The third kappa shape index (κ3) is 4.58. The average molecular weight is 378 g/mol. The number of nitrogens with one attached hydrogen (secondary N) is 1. The topological polar surface area (TPSA) is 81.3 Å². The van der Waals surface area contributed by atoms with Crippen molar-refractivity contribution in [3.05, 3.63) is 24.3 Å². The van der Waals surface area contributed by atoms with E-state index in [4.69, 9.17) is 9.47 Å². The van der Waals surface area contributed by atoms with Gasteiger partial charge in [0.2, 0.25) is 0 Å². The minimum Gasteiger partial charge on any atom is -0.463 e. The lowest BCUT2D eigenvalue weighted by molar-refractivity contribution is -0.161. The van der Waals surface area contributed by atoms with Crippen LogP contribution in [0.5, 0.6) is 0 Å². The fourth-order valence-electron chi connectivity index (χ4n) is 2.38. The van der Waals surface area contributed by atoms with Crippen molar-refractivity contribution in [2.24, 2.45) is 5.92 Å². The Hall–Kier alpha value is -2.02. The first-order valence-electron chi connectivity index (χ1n) is 8.68. The van der Waals surface area contributed by atoms with Gasteiger partial charge in [0.05, 0.1) is 29.2 Å². The number of aromatic nitrogens is 2. The zero-order valence-electron chi connectivity index (χ0n) is 16.0. The summed E-state index contributed by atoms with van der Waals surface area (Å²) in [5.74, 6) is -1.62. The molecule has 2 aromatic rings. The maximum atomic E-state index is 12.8. The number of benzene rings is 1. The predicted molar refractivity (Wildman–Crippen MR) is 102 cm³/mol. The highest BCUT2D eigenvalue weighted by Gasteiger charge is 2.47. The molecule has 0 radical (unpaired) electrons. The number of rotatable bonds is 7. The number of hydrogen-bond donors (Lipinski definition) is 1. The third-order valence-electron chi connectivity index (χ3n) is 3.96. The van der Waals surface area contributed by atoms with Crippen molar-refractivity contribution < 1.29 is 19.1 Å². The average Bonchev–Trinajstić information content (AvgIpc) is 2.94. The highest BCUT2D eigenvalue weighted by Crippen LogP contribution is 2.40. The van der Waals surface area contributed by atoms with Crippen molar-refractivity contribution in [1.29, 1.82) is 0 Å². The molecule has 0 amide bonds. The SMILES string of the molecule is CC(C)OC(=O)C(C)C(C)(Sc1nc2ccccc2[nH]1)C(=O)OC(C)C. The fourth-order valence-corrected chi connectivity index (χ4v) is 3.49. The molecule has 0 bridgehead atoms. The minimum absolute atomic E-state index is 0.258. The van der Waals surface area contributed by atoms with E-state index >= 15 is 0 Å². The van der Waals surface area contributed by atoms with Crippen LogP contribution in [0, 0.1) is 5.92 Å². The molecular formula is C19H26N2O4S. The van der Waals surface area contributed by atoms with Crippen LogP contribution in [0.3, 0.4) is 0 Å². The number of nitrogens with zero attached hydrogens (tertiary/aromatic N) is 1. The van der Waals surface area contributed by atoms with Gasteiger partial charge in [-0.3, -0.25) is 9.59 Å². The third-order valence-corrected chi connectivity index (χ3v) is 5.29. The predicted octanol–water partition coefficient (Wildman–Crippen LogP) is 3.95. The zero-order valence-corrected chi connectivity index (χ0v) is 16.8. The lowest BCUT2D eigenvalue weighted by atomic mass is 9.95. The number of hydrogen-bond acceptors (Lipinski definition) is 6. The summed E-state index contributed by atoms with van der Waals surface area (Å²) >= 11 is 1.19. The number of para-hydroxylation sites is 2. The number of H-pyrrole nitrogens is 1. The summed E-state index contributed by atoms with van der Waals surface area (Å²) in [5.41, 5.74) is 1.67. The number of carbonyl (C=O) groups excluding carboxylic acids is 2. The van der Waals surface area contributed by atoms with Crippen LogP contribution in [-0.2, 0) is 19.1 Å². The van der Waals surface area contributed by atoms with Gasteiger partial charge in [0.25, 0.3) is 0 Å². The van der Waals surface area contributed by atoms with Gasteiger partial charge in [-0.2, -0.15) is 0 Å². The van der Waals surface area contributed by atoms with Crippen molar-refractivity contribution in [3.63, 3.8) is 0 Å². The van der Waals surface area contributed by atoms with E-state index in [2.05, 4.69) is 9.97 Å². The first-order valence-corrected chi connectivity index (χ1v) is 9.50. The molecule has 0 aliphatic rings. The van der Waals surface area contributed by atoms with E-state index in [0.29, 0.717) is 5.16 Å². The van der Waals surface area contributed by atoms with Gasteiger partial charge in [-0.05, 0) is 53.7 Å². The number of thioether (sulfide) groups is 1. The summed E-state index contributed by atoms with van der Waals surface area (Å²) in [5, 5.41) is 0.554. The van der Waals surface area contributed by atoms with E-state index in [0.717, 1.165) is 11.0 Å². The molecule has 6 nitrogen and oxygen atoms in total. The molecule has 2 atom stereocenters. The van der Waals surface area contributed by atoms with E-state index in [-0.39, 0.29) is 12.2 Å². The van der Waals surface area contributed by atoms with E-state index in [1.807, 2.05) is 24.3 Å². The number of fused-ring (bicyclic) bond motifs is 1. The van der Waals surface area contributed by atoms with Crippen LogP contribution in [0.25, 0.3) is 11.0 Å². The van der Waals surface area contributed by atoms with Gasteiger partial charge in [0, 0.05) is 0 Å². The van der Waals surface area contributed by atoms with Crippen LogP contribution in [0.15, 0.2) is 29.4 Å². The molecule has 1 aromatic heterocycles. The Morgan fingerprint density at radius 1 is 1.08 bits per heavy atom. The van der Waals surface area contributed by atoms with Crippen molar-refractivity contribution in [1.82, 2.24) is 9.97 Å². The van der Waals surface area contributed by atoms with E-state index < -0.39 is 22.6 Å². The van der Waals surface area contributed by atoms with Crippen molar-refractivity contribution in [2.45, 2.75) is 63.7 Å². The molecule has 0 spiro atoms. The van der Waals surface area contributed by atoms with E-state index in [1.165, 1.54) is 11.8 Å². The number of aromatic amines is 1. The zero-order chi connectivity index (χ0) is 19.5. The Balaban J connectivity index is 2.35.